The lowest BCUT2D eigenvalue weighted by Crippen LogP contribution is -2.32. The number of allylic oxidation sites excluding steroid dienone is 1. The molecule has 0 aromatic carbocycles. The molecule has 0 spiro atoms. The Balaban J connectivity index is 4.75. The fraction of sp³-hybridized carbons (Fsp3) is 0.643. The lowest BCUT2D eigenvalue weighted by Gasteiger charge is -2.25. The number of carbonyl (C=O) groups is 3. The molecular weight excluding hydrogens is 343 g/mol. The predicted octanol–water partition coefficient (Wildman–Crippen LogP) is 0.944. The molecule has 0 bridgehead atoms. The van der Waals surface area contributed by atoms with Gasteiger partial charge in [-0.2, -0.15) is 0 Å². The summed E-state index contributed by atoms with van der Waals surface area (Å²) >= 11 is 0. The number of carboxylic acids is 1. The number of carbonyl (C=O) groups excluding carboxylic acids is 2. The first-order valence-corrected chi connectivity index (χ1v) is 8.83. The first-order valence-electron chi connectivity index (χ1n) is 7.03. The number of rotatable bonds is 11. The molecule has 0 radical (unpaired) electrons. The average molecular weight is 366 g/mol. The van der Waals surface area contributed by atoms with Gasteiger partial charge in [0.1, 0.15) is 13.2 Å². The van der Waals surface area contributed by atoms with Crippen molar-refractivity contribution < 1.29 is 43.3 Å². The molecule has 138 valence electrons. The van der Waals surface area contributed by atoms with Gasteiger partial charge in [-0.15, -0.1) is 0 Å². The van der Waals surface area contributed by atoms with Gasteiger partial charge in [-0.25, -0.2) is 0 Å². The second-order valence-electron chi connectivity index (χ2n) is 5.93. The maximum atomic E-state index is 12.0. The molecule has 0 fully saturated rings. The van der Waals surface area contributed by atoms with Crippen molar-refractivity contribution in [2.45, 2.75) is 27.2 Å². The highest BCUT2D eigenvalue weighted by molar-refractivity contribution is 7.51. The zero-order valence-corrected chi connectivity index (χ0v) is 14.7. The monoisotopic (exact) mass is 366 g/mol. The summed E-state index contributed by atoms with van der Waals surface area (Å²) in [4.78, 5) is 52.1. The van der Waals surface area contributed by atoms with Gasteiger partial charge in [-0.3, -0.25) is 18.9 Å². The van der Waals surface area contributed by atoms with Crippen LogP contribution in [0.2, 0.25) is 0 Å². The van der Waals surface area contributed by atoms with Gasteiger partial charge in [-0.05, 0) is 20.3 Å². The van der Waals surface area contributed by atoms with Crippen LogP contribution in [0.1, 0.15) is 27.2 Å². The van der Waals surface area contributed by atoms with E-state index in [1.54, 1.807) is 0 Å². The Morgan fingerprint density at radius 3 is 2.08 bits per heavy atom. The molecule has 0 aromatic rings. The minimum Gasteiger partial charge on any atom is -0.487 e. The van der Waals surface area contributed by atoms with Gasteiger partial charge in [0, 0.05) is 6.92 Å². The molecule has 0 aliphatic heterocycles. The third-order valence-corrected chi connectivity index (χ3v) is 4.04. The van der Waals surface area contributed by atoms with E-state index >= 15 is 0 Å². The number of Topliss-reactive ketones (excluding diaryl/α,β-unsaturated/α-hetero) is 1. The molecule has 0 aliphatic carbocycles. The fourth-order valence-electron chi connectivity index (χ4n) is 1.74. The molecule has 1 atom stereocenters. The molecule has 24 heavy (non-hydrogen) atoms. The number of carboxylic acid groups (broad SMARTS) is 1. The Kier molecular flexibility index (Phi) is 8.32. The number of ether oxygens (including phenoxy) is 2. The summed E-state index contributed by atoms with van der Waals surface area (Å²) in [6, 6.07) is 0. The van der Waals surface area contributed by atoms with Crippen molar-refractivity contribution >= 4 is 25.3 Å². The number of ketones is 1. The summed E-state index contributed by atoms with van der Waals surface area (Å²) in [7, 11) is -4.54. The first kappa shape index (κ1) is 22.3. The predicted molar refractivity (Wildman–Crippen MR) is 83.2 cm³/mol. The summed E-state index contributed by atoms with van der Waals surface area (Å²) in [5.74, 6) is -3.92. The van der Waals surface area contributed by atoms with E-state index in [4.69, 9.17) is 24.4 Å². The van der Waals surface area contributed by atoms with E-state index in [1.807, 2.05) is 0 Å². The lowest BCUT2D eigenvalue weighted by molar-refractivity contribution is -0.153. The largest absolute Gasteiger partial charge is 0.487 e. The van der Waals surface area contributed by atoms with Crippen LogP contribution in [-0.4, -0.2) is 52.0 Å². The number of hydrogen-bond donors (Lipinski definition) is 3. The third kappa shape index (κ3) is 8.81. The summed E-state index contributed by atoms with van der Waals surface area (Å²) in [6.45, 7) is 6.85. The Labute approximate surface area is 139 Å². The van der Waals surface area contributed by atoms with Gasteiger partial charge >= 0.3 is 19.5 Å². The van der Waals surface area contributed by atoms with Crippen LogP contribution in [0.4, 0.5) is 0 Å². The molecule has 3 N–H and O–H groups in total. The minimum atomic E-state index is -4.54. The highest BCUT2D eigenvalue weighted by atomic mass is 31.2. The van der Waals surface area contributed by atoms with Crippen LogP contribution in [0.25, 0.3) is 0 Å². The maximum Gasteiger partial charge on any atom is 0.326 e. The van der Waals surface area contributed by atoms with Crippen molar-refractivity contribution in [1.29, 1.82) is 0 Å². The van der Waals surface area contributed by atoms with E-state index in [9.17, 15) is 18.9 Å². The van der Waals surface area contributed by atoms with Gasteiger partial charge in [0.15, 0.2) is 11.5 Å². The van der Waals surface area contributed by atoms with E-state index in [-0.39, 0.29) is 31.2 Å². The van der Waals surface area contributed by atoms with Crippen molar-refractivity contribution in [3.63, 3.8) is 0 Å². The average Bonchev–Trinajstić information content (AvgIpc) is 2.40. The number of aliphatic carboxylic acids is 1. The molecule has 10 heteroatoms. The van der Waals surface area contributed by atoms with Crippen LogP contribution in [-0.2, 0) is 28.4 Å². The zero-order valence-electron chi connectivity index (χ0n) is 13.9. The minimum absolute atomic E-state index is 0.107. The van der Waals surface area contributed by atoms with Crippen LogP contribution in [0.5, 0.6) is 0 Å². The number of hydrogen-bond acceptors (Lipinski definition) is 6. The smallest absolute Gasteiger partial charge is 0.326 e. The normalized spacial score (nSPS) is 13.0. The first-order chi connectivity index (χ1) is 10.8. The van der Waals surface area contributed by atoms with Crippen molar-refractivity contribution in [2.75, 3.05) is 19.4 Å². The van der Waals surface area contributed by atoms with Crippen molar-refractivity contribution in [3.8, 4) is 0 Å². The second-order valence-corrected chi connectivity index (χ2v) is 7.63. The number of esters is 1. The Morgan fingerprint density at radius 1 is 1.17 bits per heavy atom. The molecule has 9 nitrogen and oxygen atoms in total. The summed E-state index contributed by atoms with van der Waals surface area (Å²) in [6.07, 6.45) is -1.11. The molecule has 0 rings (SSSR count). The SMILES string of the molecule is C=C(OCCOC(=O)C(CC(C)(C)C(=O)O)CP(=O)(O)O)C(C)=O. The standard InChI is InChI=1S/C14H23O9P/c1-9(15)10(2)22-5-6-23-12(16)11(8-24(19,20)21)7-14(3,4)13(17)18/h11H,2,5-8H2,1,3-4H3,(H,17,18)(H2,19,20,21). The second kappa shape index (κ2) is 8.96. The van der Waals surface area contributed by atoms with E-state index in [0.717, 1.165) is 0 Å². The molecule has 0 aliphatic rings. The molecule has 0 saturated heterocycles. The van der Waals surface area contributed by atoms with E-state index in [2.05, 4.69) is 6.58 Å². The highest BCUT2D eigenvalue weighted by Crippen LogP contribution is 2.40. The molecular formula is C14H23O9P. The van der Waals surface area contributed by atoms with Crippen molar-refractivity contribution in [1.82, 2.24) is 0 Å². The van der Waals surface area contributed by atoms with Crippen LogP contribution >= 0.6 is 7.60 Å². The Morgan fingerprint density at radius 2 is 1.67 bits per heavy atom. The maximum absolute atomic E-state index is 12.0. The van der Waals surface area contributed by atoms with E-state index in [0.29, 0.717) is 0 Å². The molecule has 0 amide bonds. The highest BCUT2D eigenvalue weighted by Gasteiger charge is 2.37. The molecule has 1 unspecified atom stereocenters. The fourth-order valence-corrected chi connectivity index (χ4v) is 2.59. The van der Waals surface area contributed by atoms with Crippen LogP contribution in [0.3, 0.4) is 0 Å². The van der Waals surface area contributed by atoms with Gasteiger partial charge in [-0.1, -0.05) is 6.58 Å². The van der Waals surface area contributed by atoms with E-state index < -0.39 is 37.0 Å². The third-order valence-electron chi connectivity index (χ3n) is 3.12. The van der Waals surface area contributed by atoms with Crippen molar-refractivity contribution in [2.24, 2.45) is 11.3 Å². The zero-order chi connectivity index (χ0) is 19.1. The summed E-state index contributed by atoms with van der Waals surface area (Å²) in [5.41, 5.74) is -1.36. The van der Waals surface area contributed by atoms with Gasteiger partial charge in [0.2, 0.25) is 0 Å². The summed E-state index contributed by atoms with van der Waals surface area (Å²) in [5, 5.41) is 9.09. The van der Waals surface area contributed by atoms with Gasteiger partial charge < -0.3 is 24.4 Å². The van der Waals surface area contributed by atoms with Crippen molar-refractivity contribution in [3.05, 3.63) is 12.3 Å². The molecule has 0 heterocycles. The molecule has 0 aromatic heterocycles. The van der Waals surface area contributed by atoms with Crippen LogP contribution in [0, 0.1) is 11.3 Å². The molecule has 0 saturated carbocycles. The Hall–Kier alpha value is -1.70. The quantitative estimate of drug-likeness (QED) is 0.160. The van der Waals surface area contributed by atoms with Gasteiger partial charge in [0.25, 0.3) is 0 Å². The van der Waals surface area contributed by atoms with Gasteiger partial charge in [0.05, 0.1) is 17.5 Å². The Bertz CT molecular complexity index is 546. The topological polar surface area (TPSA) is 147 Å². The van der Waals surface area contributed by atoms with Crippen LogP contribution in [0.15, 0.2) is 12.3 Å². The van der Waals surface area contributed by atoms with E-state index in [1.165, 1.54) is 20.8 Å². The summed E-state index contributed by atoms with van der Waals surface area (Å²) < 4.78 is 20.9. The lowest BCUT2D eigenvalue weighted by atomic mass is 9.83. The van der Waals surface area contributed by atoms with Crippen LogP contribution < -0.4 is 0 Å².